The van der Waals surface area contributed by atoms with E-state index in [4.69, 9.17) is 11.6 Å². The normalized spacial score (nSPS) is 16.3. The van der Waals surface area contributed by atoms with Gasteiger partial charge in [0, 0.05) is 48.5 Å². The number of fused-ring (bicyclic) bond motifs is 1. The van der Waals surface area contributed by atoms with Crippen LogP contribution in [0.4, 0.5) is 5.69 Å². The molecule has 2 aromatic carbocycles. The maximum atomic E-state index is 6.11. The molecule has 1 N–H and O–H groups in total. The monoisotopic (exact) mass is 419 g/mol. The molecule has 1 unspecified atom stereocenters. The summed E-state index contributed by atoms with van der Waals surface area (Å²) in [5, 5.41) is 5.45. The van der Waals surface area contributed by atoms with Gasteiger partial charge in [0.15, 0.2) is 0 Å². The number of nitrogens with one attached hydrogen (secondary N) is 1. The van der Waals surface area contributed by atoms with E-state index in [-0.39, 0.29) is 0 Å². The van der Waals surface area contributed by atoms with Crippen LogP contribution in [0.25, 0.3) is 10.9 Å². The van der Waals surface area contributed by atoms with Crippen molar-refractivity contribution in [2.45, 2.75) is 32.2 Å². The number of hydrogen-bond acceptors (Lipinski definition) is 3. The zero-order chi connectivity index (χ0) is 20.6. The number of rotatable bonds is 9. The maximum Gasteiger partial charge on any atom is 0.0737 e. The first-order valence-corrected chi connectivity index (χ1v) is 11.4. The highest BCUT2D eigenvalue weighted by atomic mass is 35.5. The molecule has 0 fully saturated rings. The lowest BCUT2D eigenvalue weighted by molar-refractivity contribution is 0.231. The molecule has 0 radical (unpaired) electrons. The van der Waals surface area contributed by atoms with Crippen LogP contribution in [0.2, 0.25) is 5.02 Å². The Morgan fingerprint density at radius 3 is 2.83 bits per heavy atom. The van der Waals surface area contributed by atoms with Crippen molar-refractivity contribution in [2.75, 3.05) is 25.0 Å². The Kier molecular flexibility index (Phi) is 7.39. The van der Waals surface area contributed by atoms with E-state index in [2.05, 4.69) is 57.7 Å². The molecular weight excluding hydrogens is 390 g/mol. The Morgan fingerprint density at radius 1 is 1.10 bits per heavy atom. The quantitative estimate of drug-likeness (QED) is 0.315. The summed E-state index contributed by atoms with van der Waals surface area (Å²) in [5.41, 5.74) is 3.45. The minimum Gasteiger partial charge on any atom is -0.384 e. The number of benzene rings is 2. The van der Waals surface area contributed by atoms with Crippen LogP contribution in [0.5, 0.6) is 0 Å². The molecule has 0 spiro atoms. The van der Waals surface area contributed by atoms with Gasteiger partial charge in [-0.1, -0.05) is 54.1 Å². The van der Waals surface area contributed by atoms with Crippen LogP contribution in [0.3, 0.4) is 0 Å². The number of aromatic nitrogens is 1. The van der Waals surface area contributed by atoms with Crippen molar-refractivity contribution in [2.24, 2.45) is 5.92 Å². The van der Waals surface area contributed by atoms with Crippen LogP contribution >= 0.6 is 11.6 Å². The maximum absolute atomic E-state index is 6.11. The van der Waals surface area contributed by atoms with E-state index in [9.17, 15) is 0 Å². The average Bonchev–Trinajstić information content (AvgIpc) is 2.78. The summed E-state index contributed by atoms with van der Waals surface area (Å²) >= 11 is 6.11. The molecule has 3 nitrogen and oxygen atoms in total. The minimum absolute atomic E-state index is 0.685. The van der Waals surface area contributed by atoms with Crippen LogP contribution < -0.4 is 5.32 Å². The summed E-state index contributed by atoms with van der Waals surface area (Å²) < 4.78 is 0. The molecular formula is C26H30ClN3. The first-order chi connectivity index (χ1) is 14.8. The minimum atomic E-state index is 0.685. The Bertz CT molecular complexity index is 970. The van der Waals surface area contributed by atoms with E-state index in [1.807, 2.05) is 30.5 Å². The second-order valence-corrected chi connectivity index (χ2v) is 8.58. The third-order valence-corrected chi connectivity index (χ3v) is 6.00. The zero-order valence-corrected chi connectivity index (χ0v) is 18.2. The molecule has 1 aromatic heterocycles. The lowest BCUT2D eigenvalue weighted by atomic mass is 9.95. The molecule has 3 aromatic rings. The summed E-state index contributed by atoms with van der Waals surface area (Å²) in [6.07, 6.45) is 11.6. The highest BCUT2D eigenvalue weighted by Crippen LogP contribution is 2.24. The summed E-state index contributed by atoms with van der Waals surface area (Å²) in [7, 11) is 0. The van der Waals surface area contributed by atoms with E-state index < -0.39 is 0 Å². The van der Waals surface area contributed by atoms with Gasteiger partial charge in [0.25, 0.3) is 0 Å². The molecule has 0 saturated heterocycles. The van der Waals surface area contributed by atoms with Gasteiger partial charge in [-0.2, -0.15) is 0 Å². The zero-order valence-electron chi connectivity index (χ0n) is 17.4. The third-order valence-electron chi connectivity index (χ3n) is 5.77. The summed E-state index contributed by atoms with van der Waals surface area (Å²) in [6.45, 7) is 4.18. The summed E-state index contributed by atoms with van der Waals surface area (Å²) in [5.74, 6) is 0.685. The predicted octanol–water partition coefficient (Wildman–Crippen LogP) is 6.55. The molecule has 1 aliphatic rings. The smallest absolute Gasteiger partial charge is 0.0737 e. The Hall–Kier alpha value is -2.36. The molecule has 1 heterocycles. The van der Waals surface area contributed by atoms with Crippen molar-refractivity contribution in [3.8, 4) is 0 Å². The van der Waals surface area contributed by atoms with Crippen LogP contribution in [0, 0.1) is 5.92 Å². The van der Waals surface area contributed by atoms with Crippen LogP contribution in [-0.2, 0) is 6.54 Å². The molecule has 0 aliphatic heterocycles. The number of anilines is 1. The van der Waals surface area contributed by atoms with Gasteiger partial charge in [-0.15, -0.1) is 0 Å². The summed E-state index contributed by atoms with van der Waals surface area (Å²) in [6, 6.07) is 18.8. The number of hydrogen-bond donors (Lipinski definition) is 1. The fourth-order valence-corrected chi connectivity index (χ4v) is 4.41. The van der Waals surface area contributed by atoms with Gasteiger partial charge in [0.2, 0.25) is 0 Å². The van der Waals surface area contributed by atoms with Gasteiger partial charge < -0.3 is 5.32 Å². The number of nitrogens with zero attached hydrogens (tertiary/aromatic N) is 2. The van der Waals surface area contributed by atoms with Crippen molar-refractivity contribution < 1.29 is 0 Å². The number of allylic oxidation sites excluding steroid dienone is 1. The summed E-state index contributed by atoms with van der Waals surface area (Å²) in [4.78, 5) is 7.04. The molecule has 4 rings (SSSR count). The first kappa shape index (κ1) is 20.9. The fourth-order valence-electron chi connectivity index (χ4n) is 4.24. The molecule has 30 heavy (non-hydrogen) atoms. The number of halogens is 1. The van der Waals surface area contributed by atoms with E-state index in [1.165, 1.54) is 24.8 Å². The second kappa shape index (κ2) is 10.6. The Balaban J connectivity index is 1.35. The van der Waals surface area contributed by atoms with Gasteiger partial charge in [0.05, 0.1) is 5.52 Å². The highest BCUT2D eigenvalue weighted by Gasteiger charge is 2.14. The van der Waals surface area contributed by atoms with Gasteiger partial charge in [-0.25, -0.2) is 0 Å². The van der Waals surface area contributed by atoms with Crippen molar-refractivity contribution >= 4 is 28.2 Å². The van der Waals surface area contributed by atoms with E-state index in [0.29, 0.717) is 5.92 Å². The Labute approximate surface area is 184 Å². The standard InChI is InChI=1S/C26H30ClN3/c27-23-12-13-24-25(14-16-29-26(24)18-23)28-15-7-17-30(19-21-8-3-1-4-9-21)20-22-10-5-2-6-11-22/h1,3-5,8-10,12-14,16,18,22H,2,6-7,11,15,17,19-20H2,(H,28,29). The highest BCUT2D eigenvalue weighted by molar-refractivity contribution is 6.31. The second-order valence-electron chi connectivity index (χ2n) is 8.14. The largest absolute Gasteiger partial charge is 0.384 e. The van der Waals surface area contributed by atoms with Crippen LogP contribution in [0.15, 0.2) is 72.9 Å². The number of pyridine rings is 1. The molecule has 0 bridgehead atoms. The third kappa shape index (κ3) is 5.84. The van der Waals surface area contributed by atoms with Crippen LogP contribution in [0.1, 0.15) is 31.2 Å². The molecule has 0 amide bonds. The van der Waals surface area contributed by atoms with Gasteiger partial charge >= 0.3 is 0 Å². The van der Waals surface area contributed by atoms with Gasteiger partial charge in [-0.3, -0.25) is 9.88 Å². The Morgan fingerprint density at radius 2 is 2.00 bits per heavy atom. The predicted molar refractivity (Wildman–Crippen MR) is 128 cm³/mol. The average molecular weight is 420 g/mol. The topological polar surface area (TPSA) is 28.2 Å². The molecule has 4 heteroatoms. The van der Waals surface area contributed by atoms with E-state index in [1.54, 1.807) is 0 Å². The fraction of sp³-hybridized carbons (Fsp3) is 0.346. The lowest BCUT2D eigenvalue weighted by Crippen LogP contribution is -2.31. The van der Waals surface area contributed by atoms with Crippen molar-refractivity contribution in [3.05, 3.63) is 83.5 Å². The van der Waals surface area contributed by atoms with E-state index >= 15 is 0 Å². The molecule has 156 valence electrons. The van der Waals surface area contributed by atoms with E-state index in [0.717, 1.165) is 54.2 Å². The van der Waals surface area contributed by atoms with Gasteiger partial charge in [-0.05, 0) is 61.4 Å². The van der Waals surface area contributed by atoms with Crippen LogP contribution in [-0.4, -0.2) is 29.5 Å². The van der Waals surface area contributed by atoms with Crippen molar-refractivity contribution in [1.82, 2.24) is 9.88 Å². The van der Waals surface area contributed by atoms with Gasteiger partial charge in [0.1, 0.15) is 0 Å². The lowest BCUT2D eigenvalue weighted by Gasteiger charge is -2.27. The molecule has 1 atom stereocenters. The SMILES string of the molecule is Clc1ccc2c(NCCCN(Cc3ccccc3)CC3C=CCCC3)ccnc2c1. The first-order valence-electron chi connectivity index (χ1n) is 11.0. The van der Waals surface area contributed by atoms with Crippen molar-refractivity contribution in [1.29, 1.82) is 0 Å². The van der Waals surface area contributed by atoms with Crippen molar-refractivity contribution in [3.63, 3.8) is 0 Å². The molecule has 1 aliphatic carbocycles. The molecule has 0 saturated carbocycles.